The van der Waals surface area contributed by atoms with Crippen molar-refractivity contribution >= 4 is 29.2 Å². The van der Waals surface area contributed by atoms with Crippen LogP contribution in [0, 0.1) is 17.1 Å². The van der Waals surface area contributed by atoms with E-state index < -0.39 is 11.9 Å². The van der Waals surface area contributed by atoms with Crippen LogP contribution in [0.15, 0.2) is 18.5 Å². The second kappa shape index (κ2) is 7.79. The number of aromatic nitrogens is 6. The molecule has 0 aliphatic heterocycles. The average molecular weight is 390 g/mol. The summed E-state index contributed by atoms with van der Waals surface area (Å²) in [6.45, 7) is 1.74. The lowest BCUT2D eigenvalue weighted by Gasteiger charge is -2.14. The van der Waals surface area contributed by atoms with Crippen LogP contribution in [-0.2, 0) is 0 Å². The molecule has 3 heterocycles. The molecule has 0 aromatic carbocycles. The Kier molecular flexibility index (Phi) is 5.28. The first-order chi connectivity index (χ1) is 13.0. The number of H-pyrrole nitrogens is 1. The van der Waals surface area contributed by atoms with E-state index in [9.17, 15) is 9.65 Å². The van der Waals surface area contributed by atoms with Gasteiger partial charge in [-0.15, -0.1) is 0 Å². The van der Waals surface area contributed by atoms with Crippen molar-refractivity contribution in [2.75, 3.05) is 17.7 Å². The van der Waals surface area contributed by atoms with E-state index in [1.807, 2.05) is 6.07 Å². The van der Waals surface area contributed by atoms with E-state index in [1.165, 1.54) is 7.11 Å². The first-order valence-corrected chi connectivity index (χ1v) is 7.96. The predicted octanol–water partition coefficient (Wildman–Crippen LogP) is 2.58. The van der Waals surface area contributed by atoms with Crippen LogP contribution in [0.1, 0.15) is 24.5 Å². The molecule has 0 radical (unpaired) electrons. The monoisotopic (exact) mass is 389 g/mol. The summed E-state index contributed by atoms with van der Waals surface area (Å²) >= 11 is 6.17. The highest BCUT2D eigenvalue weighted by Crippen LogP contribution is 2.28. The van der Waals surface area contributed by atoms with Gasteiger partial charge in [-0.1, -0.05) is 11.6 Å². The fourth-order valence-electron chi connectivity index (χ4n) is 2.07. The van der Waals surface area contributed by atoms with Crippen LogP contribution in [0.2, 0.25) is 5.02 Å². The first kappa shape index (κ1) is 18.3. The van der Waals surface area contributed by atoms with Crippen molar-refractivity contribution in [3.05, 3.63) is 40.8 Å². The summed E-state index contributed by atoms with van der Waals surface area (Å²) in [6, 6.07) is 3.04. The van der Waals surface area contributed by atoms with Crippen LogP contribution >= 0.6 is 11.6 Å². The van der Waals surface area contributed by atoms with E-state index in [0.717, 1.165) is 12.4 Å². The number of halogens is 2. The summed E-state index contributed by atoms with van der Waals surface area (Å²) in [5.74, 6) is 0.899. The Morgan fingerprint density at radius 3 is 2.70 bits per heavy atom. The first-order valence-electron chi connectivity index (χ1n) is 7.58. The highest BCUT2D eigenvalue weighted by Gasteiger charge is 2.17. The van der Waals surface area contributed by atoms with Crippen molar-refractivity contribution in [1.29, 1.82) is 5.26 Å². The molecule has 0 unspecified atom stereocenters. The number of rotatable bonds is 6. The Morgan fingerprint density at radius 1 is 1.33 bits per heavy atom. The van der Waals surface area contributed by atoms with Crippen molar-refractivity contribution in [2.45, 2.75) is 13.0 Å². The molecule has 0 saturated carbocycles. The summed E-state index contributed by atoms with van der Waals surface area (Å²) in [7, 11) is 1.49. The molecule has 0 saturated heterocycles. The van der Waals surface area contributed by atoms with E-state index in [4.69, 9.17) is 16.3 Å². The van der Waals surface area contributed by atoms with Gasteiger partial charge in [-0.05, 0) is 6.92 Å². The molecule has 10 nitrogen and oxygen atoms in total. The minimum atomic E-state index is -0.540. The van der Waals surface area contributed by atoms with E-state index in [2.05, 4.69) is 40.8 Å². The van der Waals surface area contributed by atoms with Gasteiger partial charge in [-0.2, -0.15) is 15.3 Å². The molecule has 3 aromatic rings. The molecule has 1 atom stereocenters. The zero-order valence-electron chi connectivity index (χ0n) is 14.2. The van der Waals surface area contributed by atoms with E-state index >= 15 is 0 Å². The van der Waals surface area contributed by atoms with Crippen LogP contribution in [0.25, 0.3) is 0 Å². The van der Waals surface area contributed by atoms with Gasteiger partial charge in [0.15, 0.2) is 23.1 Å². The molecule has 3 aromatic heterocycles. The summed E-state index contributed by atoms with van der Waals surface area (Å²) in [5, 5.41) is 21.8. The second-order valence-corrected chi connectivity index (χ2v) is 5.62. The molecule has 0 amide bonds. The number of anilines is 3. The Labute approximate surface area is 157 Å². The third-order valence-electron chi connectivity index (χ3n) is 3.35. The summed E-state index contributed by atoms with van der Waals surface area (Å²) in [5.41, 5.74) is -0.0357. The smallest absolute Gasteiger partial charge is 0.226 e. The third-order valence-corrected chi connectivity index (χ3v) is 3.71. The number of hydrogen-bond acceptors (Lipinski definition) is 9. The highest BCUT2D eigenvalue weighted by molar-refractivity contribution is 6.34. The second-order valence-electron chi connectivity index (χ2n) is 5.24. The van der Waals surface area contributed by atoms with E-state index in [1.54, 1.807) is 13.0 Å². The van der Waals surface area contributed by atoms with Gasteiger partial charge in [0, 0.05) is 6.07 Å². The molecule has 0 aliphatic rings. The number of nitrogens with zero attached hydrogens (tertiary/aromatic N) is 6. The van der Waals surface area contributed by atoms with Gasteiger partial charge < -0.3 is 15.4 Å². The normalized spacial score (nSPS) is 11.5. The van der Waals surface area contributed by atoms with Crippen LogP contribution in [0.4, 0.5) is 22.0 Å². The van der Waals surface area contributed by atoms with Crippen molar-refractivity contribution in [1.82, 2.24) is 30.1 Å². The van der Waals surface area contributed by atoms with Gasteiger partial charge in [0.05, 0.1) is 25.5 Å². The number of ether oxygens (including phenoxy) is 1. The average Bonchev–Trinajstić information content (AvgIpc) is 3.12. The largest absolute Gasteiger partial charge is 0.481 e. The molecule has 3 rings (SSSR count). The highest BCUT2D eigenvalue weighted by atomic mass is 35.5. The molecule has 0 fully saturated rings. The molecule has 27 heavy (non-hydrogen) atoms. The van der Waals surface area contributed by atoms with Gasteiger partial charge >= 0.3 is 0 Å². The molecule has 138 valence electrons. The van der Waals surface area contributed by atoms with Gasteiger partial charge in [0.1, 0.15) is 16.9 Å². The van der Waals surface area contributed by atoms with Crippen molar-refractivity contribution < 1.29 is 9.13 Å². The van der Waals surface area contributed by atoms with Crippen LogP contribution in [0.3, 0.4) is 0 Å². The predicted molar refractivity (Wildman–Crippen MR) is 94.2 cm³/mol. The lowest BCUT2D eigenvalue weighted by Crippen LogP contribution is -2.14. The van der Waals surface area contributed by atoms with Crippen LogP contribution in [-0.4, -0.2) is 37.2 Å². The molecule has 3 N–H and O–H groups in total. The van der Waals surface area contributed by atoms with Crippen LogP contribution < -0.4 is 15.4 Å². The van der Waals surface area contributed by atoms with E-state index in [-0.39, 0.29) is 22.5 Å². The van der Waals surface area contributed by atoms with Crippen molar-refractivity contribution in [2.24, 2.45) is 0 Å². The quantitative estimate of drug-likeness (QED) is 0.580. The third kappa shape index (κ3) is 4.18. The summed E-state index contributed by atoms with van der Waals surface area (Å²) in [4.78, 5) is 16.1. The number of aromatic amines is 1. The van der Waals surface area contributed by atoms with Gasteiger partial charge in [0.2, 0.25) is 11.8 Å². The number of hydrogen-bond donors (Lipinski definition) is 3. The zero-order chi connectivity index (χ0) is 19.4. The Morgan fingerprint density at radius 2 is 2.07 bits per heavy atom. The lowest BCUT2D eigenvalue weighted by molar-refractivity contribution is 0.397. The molecular weight excluding hydrogens is 377 g/mol. The van der Waals surface area contributed by atoms with Crippen molar-refractivity contribution in [3.63, 3.8) is 0 Å². The van der Waals surface area contributed by atoms with Crippen LogP contribution in [0.5, 0.6) is 5.88 Å². The Balaban J connectivity index is 1.87. The maximum Gasteiger partial charge on any atom is 0.226 e. The fraction of sp³-hybridized carbons (Fsp3) is 0.200. The number of nitrogens with one attached hydrogen (secondary N) is 3. The zero-order valence-corrected chi connectivity index (χ0v) is 14.9. The fourth-order valence-corrected chi connectivity index (χ4v) is 2.24. The topological polar surface area (TPSA) is 137 Å². The lowest BCUT2D eigenvalue weighted by atomic mass is 10.3. The van der Waals surface area contributed by atoms with Gasteiger partial charge in [-0.3, -0.25) is 0 Å². The molecule has 12 heteroatoms. The standard InChI is InChI=1S/C15H13ClFN9O/c1-7(13-19-5-8(17)6-20-13)21-15-22-9(4-18)12(16)14(24-15)23-10-3-11(27-2)26-25-10/h3,5-7H,1-2H3,(H3,21,22,23,24,25,26)/t7-/m0/s1. The summed E-state index contributed by atoms with van der Waals surface area (Å²) in [6.07, 6.45) is 2.11. The number of nitriles is 1. The van der Waals surface area contributed by atoms with Crippen molar-refractivity contribution in [3.8, 4) is 11.9 Å². The minimum Gasteiger partial charge on any atom is -0.481 e. The Bertz CT molecular complexity index is 986. The van der Waals surface area contributed by atoms with Gasteiger partial charge in [0.25, 0.3) is 0 Å². The SMILES string of the molecule is COc1cc(Nc2nc(N[C@@H](C)c3ncc(F)cn3)nc(C#N)c2Cl)n[nH]1. The van der Waals surface area contributed by atoms with E-state index in [0.29, 0.717) is 17.5 Å². The molecule has 0 bridgehead atoms. The maximum atomic E-state index is 13.0. The molecule has 0 spiro atoms. The minimum absolute atomic E-state index is 0.0357. The number of methoxy groups -OCH3 is 1. The Hall–Kier alpha value is -3.52. The molecular formula is C15H13ClFN9O. The maximum absolute atomic E-state index is 13.0. The van der Waals surface area contributed by atoms with Gasteiger partial charge in [-0.25, -0.2) is 24.4 Å². The molecule has 0 aliphatic carbocycles. The summed E-state index contributed by atoms with van der Waals surface area (Å²) < 4.78 is 18.0.